The normalized spacial score (nSPS) is 10.6. The van der Waals surface area contributed by atoms with Crippen LogP contribution in [0.4, 0.5) is 11.4 Å². The monoisotopic (exact) mass is 533 g/mol. The smallest absolute Gasteiger partial charge is 0.278 e. The second-order valence-corrected chi connectivity index (χ2v) is 8.93. The number of carbonyl (C=O) groups excluding carboxylic acids is 2. The van der Waals surface area contributed by atoms with Crippen LogP contribution >= 0.6 is 0 Å². The topological polar surface area (TPSA) is 103 Å². The summed E-state index contributed by atoms with van der Waals surface area (Å²) in [7, 11) is 3.06. The Morgan fingerprint density at radius 2 is 1.48 bits per heavy atom. The van der Waals surface area contributed by atoms with Crippen LogP contribution in [0.25, 0.3) is 22.8 Å². The molecule has 1 heterocycles. The molecule has 0 atom stereocenters. The summed E-state index contributed by atoms with van der Waals surface area (Å²) in [6, 6.07) is 28.9. The van der Waals surface area contributed by atoms with Gasteiger partial charge in [-0.2, -0.15) is 0 Å². The molecule has 2 amide bonds. The summed E-state index contributed by atoms with van der Waals surface area (Å²) in [5.41, 5.74) is 3.95. The summed E-state index contributed by atoms with van der Waals surface area (Å²) in [4.78, 5) is 30.8. The van der Waals surface area contributed by atoms with E-state index < -0.39 is 5.91 Å². The Balaban J connectivity index is 1.47. The highest BCUT2D eigenvalue weighted by molar-refractivity contribution is 6.08. The van der Waals surface area contributed by atoms with Gasteiger partial charge in [-0.25, -0.2) is 4.98 Å². The molecule has 2 N–H and O–H groups in total. The molecular formula is C32H27N3O5. The number of aromatic nitrogens is 1. The van der Waals surface area contributed by atoms with E-state index >= 15 is 0 Å². The third-order valence-corrected chi connectivity index (χ3v) is 6.31. The first-order chi connectivity index (χ1) is 19.5. The van der Waals surface area contributed by atoms with Crippen molar-refractivity contribution >= 4 is 23.2 Å². The van der Waals surface area contributed by atoms with Crippen LogP contribution < -0.4 is 20.1 Å². The molecule has 40 heavy (non-hydrogen) atoms. The molecule has 4 aromatic carbocycles. The van der Waals surface area contributed by atoms with Crippen molar-refractivity contribution in [1.82, 2.24) is 4.98 Å². The molecule has 0 unspecified atom stereocenters. The van der Waals surface area contributed by atoms with Gasteiger partial charge in [0.05, 0.1) is 19.9 Å². The third-order valence-electron chi connectivity index (χ3n) is 6.31. The van der Waals surface area contributed by atoms with Crippen molar-refractivity contribution in [2.75, 3.05) is 24.9 Å². The number of oxazole rings is 1. The van der Waals surface area contributed by atoms with Crippen molar-refractivity contribution in [3.8, 4) is 34.3 Å². The fourth-order valence-corrected chi connectivity index (χ4v) is 4.20. The van der Waals surface area contributed by atoms with E-state index in [0.717, 1.165) is 11.1 Å². The second-order valence-electron chi connectivity index (χ2n) is 8.93. The zero-order valence-electron chi connectivity index (χ0n) is 22.2. The minimum atomic E-state index is -0.482. The Bertz CT molecular complexity index is 1660. The van der Waals surface area contributed by atoms with E-state index in [1.54, 1.807) is 55.6 Å². The van der Waals surface area contributed by atoms with Gasteiger partial charge in [0, 0.05) is 28.4 Å². The van der Waals surface area contributed by atoms with Gasteiger partial charge in [0.15, 0.2) is 11.5 Å². The first-order valence-electron chi connectivity index (χ1n) is 12.5. The number of hydrogen-bond acceptors (Lipinski definition) is 6. The highest BCUT2D eigenvalue weighted by atomic mass is 16.5. The quantitative estimate of drug-likeness (QED) is 0.226. The van der Waals surface area contributed by atoms with Crippen molar-refractivity contribution in [3.63, 3.8) is 0 Å². The number of benzene rings is 4. The van der Waals surface area contributed by atoms with E-state index in [1.807, 2.05) is 55.5 Å². The summed E-state index contributed by atoms with van der Waals surface area (Å²) in [5.74, 6) is 0.930. The van der Waals surface area contributed by atoms with E-state index in [0.29, 0.717) is 39.9 Å². The summed E-state index contributed by atoms with van der Waals surface area (Å²) in [5, 5.41) is 5.78. The Labute approximate surface area is 231 Å². The van der Waals surface area contributed by atoms with Gasteiger partial charge in [-0.05, 0) is 67.1 Å². The standard InChI is InChI=1S/C32H27N3O5/c1-20-9-7-8-12-25(20)30(36)33-23-15-13-21(14-16-23)29-28(35-32(40-29)22-10-5-4-6-11-22)31(37)34-26-19-24(38-2)17-18-27(26)39-3/h4-19H,1-3H3,(H,33,36)(H,34,37). The molecule has 0 aliphatic carbocycles. The lowest BCUT2D eigenvalue weighted by molar-refractivity contribution is 0.101. The van der Waals surface area contributed by atoms with E-state index in [4.69, 9.17) is 13.9 Å². The van der Waals surface area contributed by atoms with Crippen LogP contribution in [0.1, 0.15) is 26.4 Å². The van der Waals surface area contributed by atoms with Gasteiger partial charge < -0.3 is 24.5 Å². The van der Waals surface area contributed by atoms with Crippen LogP contribution in [0.15, 0.2) is 101 Å². The lowest BCUT2D eigenvalue weighted by Crippen LogP contribution is -2.14. The molecule has 0 saturated carbocycles. The summed E-state index contributed by atoms with van der Waals surface area (Å²) >= 11 is 0. The van der Waals surface area contributed by atoms with E-state index in [-0.39, 0.29) is 17.4 Å². The van der Waals surface area contributed by atoms with E-state index in [1.165, 1.54) is 7.11 Å². The van der Waals surface area contributed by atoms with Crippen molar-refractivity contribution < 1.29 is 23.5 Å². The minimum absolute atomic E-state index is 0.0976. The van der Waals surface area contributed by atoms with Crippen molar-refractivity contribution in [2.24, 2.45) is 0 Å². The molecule has 1 aromatic heterocycles. The molecule has 8 nitrogen and oxygen atoms in total. The molecule has 0 saturated heterocycles. The molecule has 0 radical (unpaired) electrons. The maximum atomic E-state index is 13.5. The Morgan fingerprint density at radius 3 is 2.17 bits per heavy atom. The fraction of sp³-hybridized carbons (Fsp3) is 0.0938. The molecule has 0 aliphatic heterocycles. The molecule has 0 aliphatic rings. The summed E-state index contributed by atoms with van der Waals surface area (Å²) < 4.78 is 16.8. The Morgan fingerprint density at radius 1 is 0.750 bits per heavy atom. The zero-order valence-corrected chi connectivity index (χ0v) is 22.2. The molecule has 200 valence electrons. The van der Waals surface area contributed by atoms with Gasteiger partial charge in [-0.3, -0.25) is 9.59 Å². The van der Waals surface area contributed by atoms with Crippen LogP contribution in [0.3, 0.4) is 0 Å². The number of methoxy groups -OCH3 is 2. The highest BCUT2D eigenvalue weighted by Gasteiger charge is 2.24. The summed E-state index contributed by atoms with van der Waals surface area (Å²) in [6.07, 6.45) is 0. The van der Waals surface area contributed by atoms with Crippen molar-refractivity contribution in [2.45, 2.75) is 6.92 Å². The van der Waals surface area contributed by atoms with Crippen LogP contribution in [-0.4, -0.2) is 31.0 Å². The van der Waals surface area contributed by atoms with Gasteiger partial charge in [-0.15, -0.1) is 0 Å². The molecule has 8 heteroatoms. The molecule has 0 fully saturated rings. The van der Waals surface area contributed by atoms with Crippen LogP contribution in [-0.2, 0) is 0 Å². The first-order valence-corrected chi connectivity index (χ1v) is 12.5. The van der Waals surface area contributed by atoms with Crippen molar-refractivity contribution in [1.29, 1.82) is 0 Å². The van der Waals surface area contributed by atoms with E-state index in [9.17, 15) is 9.59 Å². The lowest BCUT2D eigenvalue weighted by atomic mass is 10.1. The van der Waals surface area contributed by atoms with Crippen LogP contribution in [0.5, 0.6) is 11.5 Å². The number of aryl methyl sites for hydroxylation is 1. The number of amides is 2. The van der Waals surface area contributed by atoms with Gasteiger partial charge in [0.1, 0.15) is 11.5 Å². The lowest BCUT2D eigenvalue weighted by Gasteiger charge is -2.11. The molecular weight excluding hydrogens is 506 g/mol. The summed E-state index contributed by atoms with van der Waals surface area (Å²) in [6.45, 7) is 1.89. The minimum Gasteiger partial charge on any atom is -0.497 e. The number of carbonyl (C=O) groups is 2. The number of hydrogen-bond donors (Lipinski definition) is 2. The number of nitrogens with one attached hydrogen (secondary N) is 2. The number of rotatable bonds is 8. The van der Waals surface area contributed by atoms with Gasteiger partial charge in [0.25, 0.3) is 11.8 Å². The fourth-order valence-electron chi connectivity index (χ4n) is 4.20. The van der Waals surface area contributed by atoms with Gasteiger partial charge in [0.2, 0.25) is 5.89 Å². The number of anilines is 2. The Kier molecular flexibility index (Phi) is 7.59. The molecule has 5 rings (SSSR count). The zero-order chi connectivity index (χ0) is 28.1. The molecule has 5 aromatic rings. The Hall–Kier alpha value is -5.37. The van der Waals surface area contributed by atoms with Gasteiger partial charge in [-0.1, -0.05) is 36.4 Å². The maximum Gasteiger partial charge on any atom is 0.278 e. The van der Waals surface area contributed by atoms with Crippen LogP contribution in [0.2, 0.25) is 0 Å². The third kappa shape index (κ3) is 5.56. The van der Waals surface area contributed by atoms with Crippen LogP contribution in [0, 0.1) is 6.92 Å². The predicted molar refractivity (Wildman–Crippen MR) is 154 cm³/mol. The SMILES string of the molecule is COc1ccc(OC)c(NC(=O)c2nc(-c3ccccc3)oc2-c2ccc(NC(=O)c3ccccc3C)cc2)c1. The molecule has 0 bridgehead atoms. The van der Waals surface area contributed by atoms with Crippen molar-refractivity contribution in [3.05, 3.63) is 114 Å². The predicted octanol–water partition coefficient (Wildman–Crippen LogP) is 6.84. The maximum absolute atomic E-state index is 13.5. The average Bonchev–Trinajstić information content (AvgIpc) is 3.44. The second kappa shape index (κ2) is 11.6. The highest BCUT2D eigenvalue weighted by Crippen LogP contribution is 2.33. The van der Waals surface area contributed by atoms with E-state index in [2.05, 4.69) is 15.6 Å². The number of ether oxygens (including phenoxy) is 2. The largest absolute Gasteiger partial charge is 0.497 e. The first kappa shape index (κ1) is 26.2. The number of nitrogens with zero attached hydrogens (tertiary/aromatic N) is 1. The average molecular weight is 534 g/mol. The molecule has 0 spiro atoms. The van der Waals surface area contributed by atoms with Gasteiger partial charge >= 0.3 is 0 Å².